The Balaban J connectivity index is 1.05. The van der Waals surface area contributed by atoms with Gasteiger partial charge in [-0.05, 0) is 40.0 Å². The summed E-state index contributed by atoms with van der Waals surface area (Å²) in [6, 6.07) is 50.1. The van der Waals surface area contributed by atoms with Crippen LogP contribution in [0.3, 0.4) is 0 Å². The Hall–Kier alpha value is -4.38. The highest BCUT2D eigenvalue weighted by Crippen LogP contribution is 2.43. The number of aliphatic hydroxyl groups is 1. The molecular formula is C57H68O12. The van der Waals surface area contributed by atoms with Crippen LogP contribution < -0.4 is 0 Å². The predicted molar refractivity (Wildman–Crippen MR) is 257 cm³/mol. The smallest absolute Gasteiger partial charge is 0.187 e. The molecule has 0 amide bonds. The maximum absolute atomic E-state index is 10.7. The van der Waals surface area contributed by atoms with Crippen molar-refractivity contribution in [3.63, 3.8) is 0 Å². The molecule has 1 N–H and O–H groups in total. The Morgan fingerprint density at radius 3 is 1.51 bits per heavy atom. The molecule has 4 fully saturated rings. The number of hydrogen-bond donors (Lipinski definition) is 1. The number of benzene rings is 5. The second-order valence-electron chi connectivity index (χ2n) is 18.9. The number of ether oxygens (including phenoxy) is 11. The summed E-state index contributed by atoms with van der Waals surface area (Å²) < 4.78 is 75.4. The average Bonchev–Trinajstić information content (AvgIpc) is 3.39. The zero-order chi connectivity index (χ0) is 47.5. The Labute approximate surface area is 407 Å². The largest absolute Gasteiger partial charge is 0.394 e. The van der Waals surface area contributed by atoms with Crippen LogP contribution in [0.5, 0.6) is 0 Å². The summed E-state index contributed by atoms with van der Waals surface area (Å²) in [6.45, 7) is 10.1. The quantitative estimate of drug-likeness (QED) is 0.0850. The predicted octanol–water partition coefficient (Wildman–Crippen LogP) is 9.19. The first-order valence-corrected chi connectivity index (χ1v) is 24.6. The van der Waals surface area contributed by atoms with Crippen molar-refractivity contribution in [2.24, 2.45) is 23.7 Å². The first-order chi connectivity index (χ1) is 33.8. The van der Waals surface area contributed by atoms with Gasteiger partial charge in [-0.1, -0.05) is 179 Å². The monoisotopic (exact) mass is 944 g/mol. The highest BCUT2D eigenvalue weighted by atomic mass is 16.8. The van der Waals surface area contributed by atoms with Crippen LogP contribution in [0, 0.1) is 23.7 Å². The normalized spacial score (nSPS) is 33.6. The standard InChI is InChI=1S/C57H68O12/c1-37-38(2)50(60-32-42-22-12-6-13-23-42)56(64-46(37)30-58)69-52-51-48(36-63-55(68-51)45-28-18-9-19-29-45)66-57(53(52)61-33-43-24-14-7-15-25-43)67-49-39(3)40(4)54(62-34-44-26-16-8-17-27-44)65-47(49)35-59-31-41-20-10-5-11-21-41/h5-29,37-40,46-58H,30-36H2,1-4H3/t37-,38?,39-,40?,46-,47?,48?,49-,50?,51+,52-,53?,54+,55?,56?,57-/m0/s1. The average molecular weight is 945 g/mol. The first kappa shape index (κ1) is 49.6. The van der Waals surface area contributed by atoms with Crippen LogP contribution in [0.15, 0.2) is 152 Å². The first-order valence-electron chi connectivity index (χ1n) is 24.6. The van der Waals surface area contributed by atoms with Crippen LogP contribution in [-0.4, -0.2) is 92.6 Å². The fourth-order valence-corrected chi connectivity index (χ4v) is 9.83. The molecule has 9 rings (SSSR count). The molecule has 4 aliphatic heterocycles. The van der Waals surface area contributed by atoms with E-state index in [0.29, 0.717) is 19.8 Å². The fraction of sp³-hybridized carbons (Fsp3) is 0.474. The SMILES string of the molecule is CC1C(OCc2ccccc2)C(O[C@@H]2C(OCc3ccccc3)[C@H](O[C@@H]3C(COCc4ccccc4)O[C@@H](OCc4ccccc4)C(C)[C@@H]3C)OC3COC(c4ccccc4)O[C@H]32)O[C@@H](CO)[C@H]1C. The molecule has 0 bridgehead atoms. The van der Waals surface area contributed by atoms with Gasteiger partial charge in [0, 0.05) is 11.5 Å². The van der Waals surface area contributed by atoms with Crippen LogP contribution in [0.2, 0.25) is 0 Å². The van der Waals surface area contributed by atoms with Gasteiger partial charge in [-0.2, -0.15) is 0 Å². The lowest BCUT2D eigenvalue weighted by Crippen LogP contribution is -2.67. The molecule has 0 aliphatic carbocycles. The molecule has 368 valence electrons. The van der Waals surface area contributed by atoms with Gasteiger partial charge in [-0.25, -0.2) is 0 Å². The van der Waals surface area contributed by atoms with Crippen LogP contribution in [0.4, 0.5) is 0 Å². The summed E-state index contributed by atoms with van der Waals surface area (Å²) in [6.07, 6.45) is -8.33. The van der Waals surface area contributed by atoms with Gasteiger partial charge in [0.25, 0.3) is 0 Å². The van der Waals surface area contributed by atoms with Crippen LogP contribution >= 0.6 is 0 Å². The number of fused-ring (bicyclic) bond motifs is 1. The topological polar surface area (TPSA) is 122 Å². The Morgan fingerprint density at radius 2 is 0.928 bits per heavy atom. The minimum Gasteiger partial charge on any atom is -0.394 e. The summed E-state index contributed by atoms with van der Waals surface area (Å²) in [4.78, 5) is 0. The van der Waals surface area contributed by atoms with Crippen molar-refractivity contribution < 1.29 is 57.2 Å². The van der Waals surface area contributed by atoms with E-state index in [2.05, 4.69) is 27.7 Å². The molecule has 0 radical (unpaired) electrons. The highest BCUT2D eigenvalue weighted by molar-refractivity contribution is 5.18. The lowest BCUT2D eigenvalue weighted by Gasteiger charge is -2.53. The zero-order valence-corrected chi connectivity index (χ0v) is 40.1. The third-order valence-corrected chi connectivity index (χ3v) is 14.3. The van der Waals surface area contributed by atoms with Crippen molar-refractivity contribution >= 4 is 0 Å². The van der Waals surface area contributed by atoms with Crippen LogP contribution in [0.25, 0.3) is 0 Å². The van der Waals surface area contributed by atoms with E-state index in [4.69, 9.17) is 52.1 Å². The maximum Gasteiger partial charge on any atom is 0.187 e. The van der Waals surface area contributed by atoms with E-state index in [1.807, 2.05) is 152 Å². The van der Waals surface area contributed by atoms with Crippen molar-refractivity contribution in [3.05, 3.63) is 179 Å². The van der Waals surface area contributed by atoms with E-state index in [0.717, 1.165) is 27.8 Å². The van der Waals surface area contributed by atoms with E-state index < -0.39 is 74.0 Å². The van der Waals surface area contributed by atoms with Gasteiger partial charge in [0.15, 0.2) is 25.2 Å². The van der Waals surface area contributed by atoms with Gasteiger partial charge in [-0.3, -0.25) is 0 Å². The van der Waals surface area contributed by atoms with Crippen molar-refractivity contribution in [1.29, 1.82) is 0 Å². The van der Waals surface area contributed by atoms with Gasteiger partial charge >= 0.3 is 0 Å². The van der Waals surface area contributed by atoms with Gasteiger partial charge < -0.3 is 57.2 Å². The van der Waals surface area contributed by atoms with E-state index >= 15 is 0 Å². The lowest BCUT2D eigenvalue weighted by atomic mass is 9.83. The molecule has 0 saturated carbocycles. The summed E-state index contributed by atoms with van der Waals surface area (Å²) in [7, 11) is 0. The van der Waals surface area contributed by atoms with Gasteiger partial charge in [0.2, 0.25) is 0 Å². The third-order valence-electron chi connectivity index (χ3n) is 14.3. The molecular weight excluding hydrogens is 877 g/mol. The molecule has 0 spiro atoms. The molecule has 4 saturated heterocycles. The van der Waals surface area contributed by atoms with E-state index in [9.17, 15) is 5.11 Å². The fourth-order valence-electron chi connectivity index (χ4n) is 9.83. The van der Waals surface area contributed by atoms with Gasteiger partial charge in [-0.15, -0.1) is 0 Å². The van der Waals surface area contributed by atoms with Crippen molar-refractivity contribution in [1.82, 2.24) is 0 Å². The summed E-state index contributed by atoms with van der Waals surface area (Å²) in [5.41, 5.74) is 4.95. The number of aliphatic hydroxyl groups excluding tert-OH is 1. The summed E-state index contributed by atoms with van der Waals surface area (Å²) >= 11 is 0. The zero-order valence-electron chi connectivity index (χ0n) is 40.1. The molecule has 5 aromatic carbocycles. The molecule has 4 aliphatic rings. The highest BCUT2D eigenvalue weighted by Gasteiger charge is 2.56. The van der Waals surface area contributed by atoms with Crippen molar-refractivity contribution in [2.45, 2.75) is 128 Å². The molecule has 12 nitrogen and oxygen atoms in total. The van der Waals surface area contributed by atoms with Gasteiger partial charge in [0.1, 0.15) is 36.6 Å². The second kappa shape index (κ2) is 24.2. The molecule has 69 heavy (non-hydrogen) atoms. The lowest BCUT2D eigenvalue weighted by molar-refractivity contribution is -0.407. The minimum atomic E-state index is -1.00. The van der Waals surface area contributed by atoms with E-state index in [1.165, 1.54) is 0 Å². The van der Waals surface area contributed by atoms with Crippen molar-refractivity contribution in [2.75, 3.05) is 19.8 Å². The molecule has 12 heteroatoms. The summed E-state index contributed by atoms with van der Waals surface area (Å²) in [5.74, 6) is -0.260. The molecule has 16 atom stereocenters. The third kappa shape index (κ3) is 12.4. The molecule has 8 unspecified atom stereocenters. The number of rotatable bonds is 19. The Morgan fingerprint density at radius 1 is 0.449 bits per heavy atom. The van der Waals surface area contributed by atoms with Crippen molar-refractivity contribution in [3.8, 4) is 0 Å². The molecule has 4 heterocycles. The van der Waals surface area contributed by atoms with Crippen LogP contribution in [-0.2, 0) is 78.5 Å². The van der Waals surface area contributed by atoms with Gasteiger partial charge in [0.05, 0.1) is 58.5 Å². The van der Waals surface area contributed by atoms with E-state index in [1.54, 1.807) is 0 Å². The van der Waals surface area contributed by atoms with Crippen LogP contribution in [0.1, 0.15) is 61.8 Å². The Bertz CT molecular complexity index is 2240. The van der Waals surface area contributed by atoms with E-state index in [-0.39, 0.29) is 50.1 Å². The Kier molecular flexibility index (Phi) is 17.4. The summed E-state index contributed by atoms with van der Waals surface area (Å²) in [5, 5.41) is 10.7. The molecule has 0 aromatic heterocycles. The number of hydrogen-bond acceptors (Lipinski definition) is 12. The molecule has 5 aromatic rings. The minimum absolute atomic E-state index is 0.0302. The maximum atomic E-state index is 10.7. The second-order valence-corrected chi connectivity index (χ2v) is 18.9.